The van der Waals surface area contributed by atoms with Gasteiger partial charge in [0.2, 0.25) is 5.16 Å². The van der Waals surface area contributed by atoms with Crippen molar-refractivity contribution < 1.29 is 9.84 Å². The third-order valence-corrected chi connectivity index (χ3v) is 3.53. The first-order chi connectivity index (χ1) is 9.27. The molecule has 1 atom stereocenters. The fraction of sp³-hybridized carbons (Fsp3) is 0.909. The van der Waals surface area contributed by atoms with E-state index >= 15 is 0 Å². The molecule has 1 unspecified atom stereocenters. The largest absolute Gasteiger partial charge is 0.390 e. The van der Waals surface area contributed by atoms with E-state index in [1.165, 1.54) is 11.8 Å². The molecule has 0 aliphatic heterocycles. The van der Waals surface area contributed by atoms with Crippen LogP contribution in [0.1, 0.15) is 19.8 Å². The highest BCUT2D eigenvalue weighted by Gasteiger charge is 2.10. The van der Waals surface area contributed by atoms with Crippen molar-refractivity contribution in [2.45, 2.75) is 37.6 Å². The highest BCUT2D eigenvalue weighted by Crippen LogP contribution is 2.14. The zero-order valence-corrected chi connectivity index (χ0v) is 12.4. The third kappa shape index (κ3) is 6.86. The molecule has 7 nitrogen and oxygen atoms in total. The lowest BCUT2D eigenvalue weighted by molar-refractivity contribution is 0.0473. The average Bonchev–Trinajstić information content (AvgIpc) is 2.86. The maximum Gasteiger partial charge on any atom is 0.209 e. The zero-order valence-electron chi connectivity index (χ0n) is 11.6. The van der Waals surface area contributed by atoms with Gasteiger partial charge < -0.3 is 15.2 Å². The number of tetrazole rings is 1. The number of nitrogens with one attached hydrogen (secondary N) is 1. The highest BCUT2D eigenvalue weighted by molar-refractivity contribution is 7.99. The van der Waals surface area contributed by atoms with Crippen LogP contribution in [0.25, 0.3) is 0 Å². The second kappa shape index (κ2) is 10.1. The summed E-state index contributed by atoms with van der Waals surface area (Å²) in [6.45, 7) is 4.71. The van der Waals surface area contributed by atoms with E-state index in [1.54, 1.807) is 4.68 Å². The summed E-state index contributed by atoms with van der Waals surface area (Å²) in [5, 5.41) is 25.0. The number of aromatic nitrogens is 4. The third-order valence-electron chi connectivity index (χ3n) is 2.43. The van der Waals surface area contributed by atoms with Crippen LogP contribution in [0.5, 0.6) is 0 Å². The van der Waals surface area contributed by atoms with Gasteiger partial charge in [-0.05, 0) is 23.9 Å². The van der Waals surface area contributed by atoms with Gasteiger partial charge in [-0.2, -0.15) is 0 Å². The molecule has 1 aromatic rings. The molecule has 1 heterocycles. The molecule has 0 aliphatic carbocycles. The maximum atomic E-state index is 9.78. The molecular weight excluding hydrogens is 266 g/mol. The smallest absolute Gasteiger partial charge is 0.209 e. The van der Waals surface area contributed by atoms with Crippen molar-refractivity contribution in [1.29, 1.82) is 0 Å². The van der Waals surface area contributed by atoms with Crippen LogP contribution in [-0.4, -0.2) is 64.0 Å². The molecule has 0 saturated heterocycles. The number of rotatable bonds is 11. The topological polar surface area (TPSA) is 85.1 Å². The van der Waals surface area contributed by atoms with Crippen LogP contribution in [-0.2, 0) is 11.3 Å². The van der Waals surface area contributed by atoms with Crippen LogP contribution in [0.3, 0.4) is 0 Å². The van der Waals surface area contributed by atoms with Crippen LogP contribution in [0.4, 0.5) is 0 Å². The monoisotopic (exact) mass is 289 g/mol. The minimum Gasteiger partial charge on any atom is -0.390 e. The Morgan fingerprint density at radius 2 is 2.37 bits per heavy atom. The lowest BCUT2D eigenvalue weighted by Crippen LogP contribution is -2.20. The molecule has 19 heavy (non-hydrogen) atoms. The van der Waals surface area contributed by atoms with E-state index in [0.717, 1.165) is 31.1 Å². The molecule has 2 N–H and O–H groups in total. The normalized spacial score (nSPS) is 12.8. The van der Waals surface area contributed by atoms with E-state index in [4.69, 9.17) is 4.74 Å². The molecule has 0 saturated carbocycles. The predicted octanol–water partition coefficient (Wildman–Crippen LogP) is 0.162. The molecule has 0 bridgehead atoms. The second-order valence-corrected chi connectivity index (χ2v) is 5.17. The van der Waals surface area contributed by atoms with E-state index in [2.05, 4.69) is 27.8 Å². The Balaban J connectivity index is 2.22. The minimum absolute atomic E-state index is 0.366. The first kappa shape index (κ1) is 16.4. The first-order valence-corrected chi connectivity index (χ1v) is 7.55. The van der Waals surface area contributed by atoms with Crippen molar-refractivity contribution >= 4 is 11.8 Å². The number of aliphatic hydroxyl groups excluding tert-OH is 1. The molecule has 1 rings (SSSR count). The Labute approximate surface area is 118 Å². The van der Waals surface area contributed by atoms with Gasteiger partial charge in [0.05, 0.1) is 19.3 Å². The van der Waals surface area contributed by atoms with Gasteiger partial charge in [0.25, 0.3) is 0 Å². The van der Waals surface area contributed by atoms with Crippen LogP contribution >= 0.6 is 11.8 Å². The SMILES string of the molecule is CCCCOCC(O)CSc1nnnn1CCNC. The molecule has 1 aromatic heterocycles. The fourth-order valence-electron chi connectivity index (χ4n) is 1.34. The van der Waals surface area contributed by atoms with Gasteiger partial charge >= 0.3 is 0 Å². The van der Waals surface area contributed by atoms with Crippen molar-refractivity contribution in [1.82, 2.24) is 25.5 Å². The van der Waals surface area contributed by atoms with E-state index in [-0.39, 0.29) is 0 Å². The standard InChI is InChI=1S/C11H23N5O2S/c1-3-4-7-18-8-10(17)9-19-11-13-14-15-16(11)6-5-12-2/h10,12,17H,3-9H2,1-2H3. The van der Waals surface area contributed by atoms with E-state index in [1.807, 2.05) is 7.05 Å². The van der Waals surface area contributed by atoms with Crippen LogP contribution in [0.15, 0.2) is 5.16 Å². The second-order valence-electron chi connectivity index (χ2n) is 4.18. The molecule has 8 heteroatoms. The molecular formula is C11H23N5O2S. The van der Waals surface area contributed by atoms with E-state index in [9.17, 15) is 5.11 Å². The van der Waals surface area contributed by atoms with Crippen molar-refractivity contribution in [3.63, 3.8) is 0 Å². The molecule has 0 fully saturated rings. The number of aliphatic hydroxyl groups is 1. The summed E-state index contributed by atoms with van der Waals surface area (Å²) in [6.07, 6.45) is 1.64. The number of likely N-dealkylation sites (N-methyl/N-ethyl adjacent to an activating group) is 1. The number of thioether (sulfide) groups is 1. The minimum atomic E-state index is -0.490. The maximum absolute atomic E-state index is 9.78. The lowest BCUT2D eigenvalue weighted by Gasteiger charge is -2.10. The number of nitrogens with zero attached hydrogens (tertiary/aromatic N) is 4. The molecule has 0 amide bonds. The van der Waals surface area contributed by atoms with Gasteiger partial charge in [-0.1, -0.05) is 25.1 Å². The summed E-state index contributed by atoms with van der Waals surface area (Å²) in [6, 6.07) is 0. The number of hydrogen-bond donors (Lipinski definition) is 2. The number of hydrogen-bond acceptors (Lipinski definition) is 7. The molecule has 0 radical (unpaired) electrons. The number of ether oxygens (including phenoxy) is 1. The molecule has 0 spiro atoms. The van der Waals surface area contributed by atoms with Gasteiger partial charge in [-0.15, -0.1) is 5.10 Å². The van der Waals surface area contributed by atoms with Gasteiger partial charge in [-0.3, -0.25) is 0 Å². The Morgan fingerprint density at radius 3 is 3.11 bits per heavy atom. The summed E-state index contributed by atoms with van der Waals surface area (Å²) in [7, 11) is 1.88. The average molecular weight is 289 g/mol. The van der Waals surface area contributed by atoms with Gasteiger partial charge in [-0.25, -0.2) is 4.68 Å². The Hall–Kier alpha value is -0.700. The molecule has 110 valence electrons. The first-order valence-electron chi connectivity index (χ1n) is 6.57. The van der Waals surface area contributed by atoms with Crippen LogP contribution < -0.4 is 5.32 Å². The van der Waals surface area contributed by atoms with Gasteiger partial charge in [0.1, 0.15) is 0 Å². The predicted molar refractivity (Wildman–Crippen MR) is 74.2 cm³/mol. The zero-order chi connectivity index (χ0) is 13.9. The Morgan fingerprint density at radius 1 is 1.53 bits per heavy atom. The molecule has 0 aromatic carbocycles. The summed E-state index contributed by atoms with van der Waals surface area (Å²) < 4.78 is 7.10. The van der Waals surface area contributed by atoms with Crippen molar-refractivity contribution in [3.8, 4) is 0 Å². The Bertz CT molecular complexity index is 337. The van der Waals surface area contributed by atoms with Crippen LogP contribution in [0.2, 0.25) is 0 Å². The molecule has 0 aliphatic rings. The van der Waals surface area contributed by atoms with Gasteiger partial charge in [0, 0.05) is 18.9 Å². The van der Waals surface area contributed by atoms with E-state index in [0.29, 0.717) is 19.0 Å². The quantitative estimate of drug-likeness (QED) is 0.443. The van der Waals surface area contributed by atoms with Gasteiger partial charge in [0.15, 0.2) is 0 Å². The highest BCUT2D eigenvalue weighted by atomic mass is 32.2. The lowest BCUT2D eigenvalue weighted by atomic mass is 10.3. The Kier molecular flexibility index (Phi) is 8.72. The summed E-state index contributed by atoms with van der Waals surface area (Å²) in [5.74, 6) is 0.534. The van der Waals surface area contributed by atoms with E-state index < -0.39 is 6.10 Å². The van der Waals surface area contributed by atoms with Crippen molar-refractivity contribution in [2.75, 3.05) is 32.6 Å². The van der Waals surface area contributed by atoms with Crippen molar-refractivity contribution in [3.05, 3.63) is 0 Å². The fourth-order valence-corrected chi connectivity index (χ4v) is 2.15. The summed E-state index contributed by atoms with van der Waals surface area (Å²) >= 11 is 1.45. The number of unbranched alkanes of at least 4 members (excludes halogenated alkanes) is 1. The summed E-state index contributed by atoms with van der Waals surface area (Å²) in [5.41, 5.74) is 0. The van der Waals surface area contributed by atoms with Crippen molar-refractivity contribution in [2.24, 2.45) is 0 Å². The van der Waals surface area contributed by atoms with Crippen LogP contribution in [0, 0.1) is 0 Å². The summed E-state index contributed by atoms with van der Waals surface area (Å²) in [4.78, 5) is 0.